The van der Waals surface area contributed by atoms with Crippen molar-refractivity contribution in [3.63, 3.8) is 0 Å². The van der Waals surface area contributed by atoms with E-state index in [9.17, 15) is 4.79 Å². The van der Waals surface area contributed by atoms with Gasteiger partial charge in [0.05, 0.1) is 44.3 Å². The standard InChI is InChI=1S/C19H25N5O4/c1-26-15-10-12-13(11-16(15)27-2)21-19(22-17(12)20)24-7-5-23(6-8-24)18(25)14-4-3-9-28-14/h10-11,14H,3-9H2,1-2H3,(H2,20,21,22)/i1D3,2D3,3D2,4D2,5D2,6D2,7D2,8D2,9D2,10D,11D/hD2. The van der Waals surface area contributed by atoms with Crippen molar-refractivity contribution in [2.75, 3.05) is 57.2 Å². The first-order chi connectivity index (χ1) is 22.9. The topological polar surface area (TPSA) is 103 Å². The van der Waals surface area contributed by atoms with E-state index >= 15 is 0 Å². The Labute approximate surface area is 197 Å². The molecule has 2 N–H and O–H groups in total. The van der Waals surface area contributed by atoms with Crippen LogP contribution in [0.2, 0.25) is 2.82 Å². The van der Waals surface area contributed by atoms with Crippen LogP contribution in [-0.2, 0) is 9.53 Å². The summed E-state index contributed by atoms with van der Waals surface area (Å²) in [4.78, 5) is 19.7. The Kier molecular flexibility index (Phi) is 1.48. The van der Waals surface area contributed by atoms with Gasteiger partial charge in [-0.15, -0.1) is 0 Å². The molecule has 1 atom stereocenters. The second kappa shape index (κ2) is 7.67. The van der Waals surface area contributed by atoms with Crippen molar-refractivity contribution in [3.05, 3.63) is 12.1 Å². The average Bonchev–Trinajstić information content (AvgIpc) is 3.05. The van der Waals surface area contributed by atoms with E-state index < -0.39 is 133 Å². The van der Waals surface area contributed by atoms with Gasteiger partial charge in [-0.25, -0.2) is 4.98 Å². The number of carbonyl (C=O) groups is 1. The molecule has 28 heavy (non-hydrogen) atoms. The molecule has 9 nitrogen and oxygen atoms in total. The third-order valence-corrected chi connectivity index (χ3v) is 3.38. The molecular weight excluding hydrogens is 362 g/mol. The average molecular weight is 412 g/mol. The van der Waals surface area contributed by atoms with Crippen molar-refractivity contribution in [1.29, 1.82) is 0 Å². The zero-order valence-corrected chi connectivity index (χ0v) is 13.4. The van der Waals surface area contributed by atoms with Crippen molar-refractivity contribution in [3.8, 4) is 11.5 Å². The van der Waals surface area contributed by atoms with Crippen molar-refractivity contribution in [2.45, 2.75) is 18.8 Å². The highest BCUT2D eigenvalue weighted by Gasteiger charge is 2.31. The number of hydrogen-bond donors (Lipinski definition) is 1. The van der Waals surface area contributed by atoms with Crippen molar-refractivity contribution < 1.29 is 52.0 Å². The maximum absolute atomic E-state index is 13.7. The van der Waals surface area contributed by atoms with E-state index in [1.807, 2.05) is 0 Å². The number of piperazine rings is 1. The summed E-state index contributed by atoms with van der Waals surface area (Å²) in [7, 11) is -6.90. The minimum atomic E-state index is -4.20. The molecular formula is C19H25N5O4. The molecule has 2 fully saturated rings. The number of benzene rings is 1. The molecule has 1 aromatic carbocycles. The largest absolute Gasteiger partial charge is 0.493 e. The molecule has 3 heterocycles. The molecule has 2 aliphatic heterocycles. The van der Waals surface area contributed by atoms with Crippen LogP contribution < -0.4 is 20.1 Å². The van der Waals surface area contributed by atoms with Crippen molar-refractivity contribution in [1.82, 2.24) is 14.9 Å². The van der Waals surface area contributed by atoms with Crippen LogP contribution in [0.25, 0.3) is 10.9 Å². The lowest BCUT2D eigenvalue weighted by atomic mass is 10.2. The van der Waals surface area contributed by atoms with Crippen LogP contribution in [0.4, 0.5) is 11.8 Å². The van der Waals surface area contributed by atoms with E-state index in [0.717, 1.165) is 0 Å². The highest BCUT2D eigenvalue weighted by Crippen LogP contribution is 2.34. The summed E-state index contributed by atoms with van der Waals surface area (Å²) in [5.41, 5.74) is -1.53. The van der Waals surface area contributed by atoms with Gasteiger partial charge in [-0.2, -0.15) is 4.98 Å². The fourth-order valence-electron chi connectivity index (χ4n) is 2.13. The number of amides is 1. The van der Waals surface area contributed by atoms with E-state index in [4.69, 9.17) is 37.7 Å². The maximum atomic E-state index is 13.7. The van der Waals surface area contributed by atoms with Crippen LogP contribution in [0.1, 0.15) is 42.9 Å². The molecule has 0 spiro atoms. The smallest absolute Gasteiger partial charge is 0.251 e. The summed E-state index contributed by atoms with van der Waals surface area (Å²) < 4.78 is 207. The first kappa shape index (κ1) is 5.41. The number of carbonyl (C=O) groups excluding carboxylic acids is 1. The zero-order valence-electron chi connectivity index (χ0n) is 37.4. The number of hydrogen-bond acceptors (Lipinski definition) is 8. The Bertz CT molecular complexity index is 1770. The van der Waals surface area contributed by atoms with Gasteiger partial charge in [-0.05, 0) is 18.8 Å². The van der Waals surface area contributed by atoms with E-state index in [1.54, 1.807) is 0 Å². The van der Waals surface area contributed by atoms with Crippen molar-refractivity contribution in [2.24, 2.45) is 0 Å². The fourth-order valence-corrected chi connectivity index (χ4v) is 2.13. The summed E-state index contributed by atoms with van der Waals surface area (Å²) in [6, 6.07) is -2.51. The van der Waals surface area contributed by atoms with Gasteiger partial charge in [0.25, 0.3) is 5.91 Å². The van der Waals surface area contributed by atoms with Crippen LogP contribution in [0.5, 0.6) is 11.5 Å². The van der Waals surface area contributed by atoms with Gasteiger partial charge >= 0.3 is 0 Å². The summed E-state index contributed by atoms with van der Waals surface area (Å²) in [6.45, 7) is -20.2. The van der Waals surface area contributed by atoms with Crippen LogP contribution in [0.3, 0.4) is 0 Å². The Morgan fingerprint density at radius 3 is 2.79 bits per heavy atom. The summed E-state index contributed by atoms with van der Waals surface area (Å²) in [5, 5.41) is -0.944. The number of ether oxygens (including phenoxy) is 3. The monoisotopic (exact) mass is 411 g/mol. The van der Waals surface area contributed by atoms with Gasteiger partial charge in [0, 0.05) is 49.5 Å². The summed E-state index contributed by atoms with van der Waals surface area (Å²) in [5.74, 6) is -7.55. The number of nitrogens with two attached hydrogens (primary N) is 1. The molecule has 0 radical (unpaired) electrons. The maximum Gasteiger partial charge on any atom is 0.251 e. The number of nitrogen functional groups attached to an aromatic ring is 1. The number of nitrogens with zero attached hydrogens (tertiary/aromatic N) is 4. The van der Waals surface area contributed by atoms with Crippen LogP contribution in [-0.4, -0.2) is 73.5 Å². The zero-order chi connectivity index (χ0) is 40.5. The summed E-state index contributed by atoms with van der Waals surface area (Å²) >= 11 is 0. The fraction of sp³-hybridized carbons (Fsp3) is 0.526. The molecule has 9 heteroatoms. The Balaban J connectivity index is 2.04. The molecule has 2 aliphatic rings. The predicted molar refractivity (Wildman–Crippen MR) is 105 cm³/mol. The van der Waals surface area contributed by atoms with E-state index in [0.29, 0.717) is 0 Å². The van der Waals surface area contributed by atoms with Gasteiger partial charge in [0.1, 0.15) is 11.9 Å². The molecule has 4 rings (SSSR count). The quantitative estimate of drug-likeness (QED) is 0.779. The molecule has 0 saturated carbocycles. The van der Waals surface area contributed by atoms with Gasteiger partial charge in [0.15, 0.2) is 14.3 Å². The Morgan fingerprint density at radius 1 is 1.32 bits per heavy atom. The van der Waals surface area contributed by atoms with Gasteiger partial charge in [0.2, 0.25) is 5.95 Å². The van der Waals surface area contributed by atoms with Crippen LogP contribution in [0, 0.1) is 0 Å². The lowest BCUT2D eigenvalue weighted by molar-refractivity contribution is -0.141. The van der Waals surface area contributed by atoms with E-state index in [2.05, 4.69) is 19.4 Å². The molecule has 0 aliphatic carbocycles. The lowest BCUT2D eigenvalue weighted by Crippen LogP contribution is -2.51. The number of rotatable bonds is 5. The SMILES string of the molecule is [2H]c1c(OC([2H])([2H])[2H])c(OC([2H])([2H])[2H])c([2H])c2c(N([2H])[2H])nc(N3C([2H])([2H])C([2H])([2H])N(C(=O)C4OC([2H])([2H])C([2H])([2H])C4([2H])[2H])C([2H])([2H])C3([2H])[2H])nc12. The molecule has 2 saturated heterocycles. The Hall–Kier alpha value is -2.81. The highest BCUT2D eigenvalue weighted by atomic mass is 16.5. The highest BCUT2D eigenvalue weighted by molar-refractivity contribution is 5.91. The number of aromatic nitrogens is 2. The number of methoxy groups -OCH3 is 2. The van der Waals surface area contributed by atoms with Crippen molar-refractivity contribution >= 4 is 28.6 Å². The Morgan fingerprint density at radius 2 is 2.11 bits per heavy atom. The van der Waals surface area contributed by atoms with E-state index in [-0.39, 0.29) is 0 Å². The third kappa shape index (κ3) is 3.37. The number of anilines is 2. The molecule has 150 valence electrons. The first-order valence-electron chi connectivity index (χ1n) is 19.1. The minimum absolute atomic E-state index is 0.440. The summed E-state index contributed by atoms with van der Waals surface area (Å²) in [6.07, 6.45) is -10.4. The minimum Gasteiger partial charge on any atom is -0.493 e. The molecule has 1 unspecified atom stereocenters. The first-order valence-corrected chi connectivity index (χ1v) is 7.25. The normalized spacial score (nSPS) is 45.8. The third-order valence-electron chi connectivity index (χ3n) is 3.38. The number of fused-ring (bicyclic) bond motifs is 1. The van der Waals surface area contributed by atoms with Crippen LogP contribution in [0.15, 0.2) is 12.1 Å². The van der Waals surface area contributed by atoms with Gasteiger partial charge < -0.3 is 29.7 Å². The van der Waals surface area contributed by atoms with E-state index in [1.165, 1.54) is 0 Å². The van der Waals surface area contributed by atoms with Crippen LogP contribution >= 0.6 is 0 Å². The predicted octanol–water partition coefficient (Wildman–Crippen LogP) is 1.06. The van der Waals surface area contributed by atoms with Gasteiger partial charge in [-0.1, -0.05) is 0 Å². The second-order valence-corrected chi connectivity index (χ2v) is 5.01. The lowest BCUT2D eigenvalue weighted by Gasteiger charge is -2.35. The second-order valence-electron chi connectivity index (χ2n) is 5.01. The van der Waals surface area contributed by atoms with Gasteiger partial charge in [-0.3, -0.25) is 4.79 Å². The molecule has 0 bridgehead atoms. The molecule has 1 aromatic heterocycles. The molecule has 1 amide bonds. The molecule has 2 aromatic rings.